The van der Waals surface area contributed by atoms with Gasteiger partial charge in [0.05, 0.1) is 6.10 Å². The molecule has 1 heterocycles. The van der Waals surface area contributed by atoms with Gasteiger partial charge in [0.15, 0.2) is 0 Å². The molecule has 0 saturated carbocycles. The van der Waals surface area contributed by atoms with Crippen LogP contribution in [0.1, 0.15) is 50.8 Å². The van der Waals surface area contributed by atoms with E-state index in [0.717, 1.165) is 6.61 Å². The van der Waals surface area contributed by atoms with E-state index in [1.54, 1.807) is 0 Å². The molecule has 2 aliphatic rings. The summed E-state index contributed by atoms with van der Waals surface area (Å²) in [6, 6.07) is 9.74. The number of nitrogens with one attached hydrogen (secondary N) is 1. The smallest absolute Gasteiger partial charge is 0.0726 e. The zero-order valence-electron chi connectivity index (χ0n) is 12.3. The van der Waals surface area contributed by atoms with E-state index in [1.165, 1.54) is 30.4 Å². The highest BCUT2D eigenvalue weighted by molar-refractivity contribution is 5.37. The molecule has 2 nitrogen and oxygen atoms in total. The maximum atomic E-state index is 5.82. The Morgan fingerprint density at radius 2 is 2.11 bits per heavy atom. The molecule has 3 atom stereocenters. The van der Waals surface area contributed by atoms with Gasteiger partial charge in [-0.25, -0.2) is 0 Å². The fourth-order valence-electron chi connectivity index (χ4n) is 3.67. The molecule has 1 aliphatic heterocycles. The van der Waals surface area contributed by atoms with Crippen molar-refractivity contribution in [1.29, 1.82) is 0 Å². The zero-order valence-corrected chi connectivity index (χ0v) is 12.3. The van der Waals surface area contributed by atoms with E-state index < -0.39 is 0 Å². The van der Waals surface area contributed by atoms with Crippen LogP contribution < -0.4 is 5.32 Å². The molecule has 104 valence electrons. The lowest BCUT2D eigenvalue weighted by Crippen LogP contribution is -2.43. The normalized spacial score (nSPS) is 30.3. The standard InChI is InChI=1S/C17H25NO/c1-12(15-9-6-10-19-15)18-16-14-8-5-4-7-13(14)11-17(16,2)3/h4-5,7-8,12,15-16,18H,6,9-11H2,1-3H3. The molecule has 0 bridgehead atoms. The van der Waals surface area contributed by atoms with Crippen LogP contribution in [0, 0.1) is 5.41 Å². The van der Waals surface area contributed by atoms with Crippen LogP contribution in [0.25, 0.3) is 0 Å². The van der Waals surface area contributed by atoms with Gasteiger partial charge in [-0.15, -0.1) is 0 Å². The van der Waals surface area contributed by atoms with Crippen molar-refractivity contribution in [3.05, 3.63) is 35.4 Å². The fraction of sp³-hybridized carbons (Fsp3) is 0.647. The Hall–Kier alpha value is -0.860. The predicted molar refractivity (Wildman–Crippen MR) is 78.2 cm³/mol. The van der Waals surface area contributed by atoms with Crippen molar-refractivity contribution in [3.8, 4) is 0 Å². The van der Waals surface area contributed by atoms with Gasteiger partial charge >= 0.3 is 0 Å². The Bertz CT molecular complexity index is 448. The first-order chi connectivity index (χ1) is 9.08. The lowest BCUT2D eigenvalue weighted by atomic mass is 9.84. The largest absolute Gasteiger partial charge is 0.377 e. The van der Waals surface area contributed by atoms with Gasteiger partial charge < -0.3 is 10.1 Å². The van der Waals surface area contributed by atoms with Crippen LogP contribution >= 0.6 is 0 Å². The lowest BCUT2D eigenvalue weighted by molar-refractivity contribution is 0.0724. The summed E-state index contributed by atoms with van der Waals surface area (Å²) >= 11 is 0. The van der Waals surface area contributed by atoms with Crippen LogP contribution in [0.2, 0.25) is 0 Å². The molecule has 1 saturated heterocycles. The van der Waals surface area contributed by atoms with Crippen molar-refractivity contribution in [2.45, 2.75) is 58.2 Å². The van der Waals surface area contributed by atoms with E-state index in [0.29, 0.717) is 18.2 Å². The van der Waals surface area contributed by atoms with Gasteiger partial charge in [-0.2, -0.15) is 0 Å². The summed E-state index contributed by atoms with van der Waals surface area (Å²) in [4.78, 5) is 0. The quantitative estimate of drug-likeness (QED) is 0.897. The first-order valence-corrected chi connectivity index (χ1v) is 7.53. The van der Waals surface area contributed by atoms with Gasteiger partial charge in [0.1, 0.15) is 0 Å². The predicted octanol–water partition coefficient (Wildman–Crippen LogP) is 3.47. The van der Waals surface area contributed by atoms with Crippen LogP contribution in [0.5, 0.6) is 0 Å². The van der Waals surface area contributed by atoms with Gasteiger partial charge in [-0.1, -0.05) is 38.1 Å². The van der Waals surface area contributed by atoms with E-state index in [9.17, 15) is 0 Å². The maximum Gasteiger partial charge on any atom is 0.0726 e. The van der Waals surface area contributed by atoms with Crippen molar-refractivity contribution in [2.24, 2.45) is 5.41 Å². The second kappa shape index (κ2) is 4.92. The molecule has 3 rings (SSSR count). The van der Waals surface area contributed by atoms with Gasteiger partial charge in [0, 0.05) is 18.7 Å². The summed E-state index contributed by atoms with van der Waals surface area (Å²) in [5.74, 6) is 0. The number of benzene rings is 1. The molecule has 0 spiro atoms. The van der Waals surface area contributed by atoms with Crippen molar-refractivity contribution >= 4 is 0 Å². The van der Waals surface area contributed by atoms with Crippen molar-refractivity contribution < 1.29 is 4.74 Å². The number of ether oxygens (including phenoxy) is 1. The lowest BCUT2D eigenvalue weighted by Gasteiger charge is -2.33. The summed E-state index contributed by atoms with van der Waals surface area (Å²) in [6.07, 6.45) is 3.96. The number of hydrogen-bond acceptors (Lipinski definition) is 2. The third-order valence-electron chi connectivity index (χ3n) is 4.75. The van der Waals surface area contributed by atoms with E-state index >= 15 is 0 Å². The average Bonchev–Trinajstić information content (AvgIpc) is 2.96. The Kier molecular flexibility index (Phi) is 3.40. The van der Waals surface area contributed by atoms with Crippen molar-refractivity contribution in [2.75, 3.05) is 6.61 Å². The van der Waals surface area contributed by atoms with Crippen LogP contribution in [0.3, 0.4) is 0 Å². The monoisotopic (exact) mass is 259 g/mol. The van der Waals surface area contributed by atoms with Crippen molar-refractivity contribution in [3.63, 3.8) is 0 Å². The molecular formula is C17H25NO. The highest BCUT2D eigenvalue weighted by atomic mass is 16.5. The molecule has 1 N–H and O–H groups in total. The van der Waals surface area contributed by atoms with Crippen LogP contribution in [0.15, 0.2) is 24.3 Å². The minimum Gasteiger partial charge on any atom is -0.377 e. The summed E-state index contributed by atoms with van der Waals surface area (Å²) in [5.41, 5.74) is 3.28. The Morgan fingerprint density at radius 1 is 1.32 bits per heavy atom. The van der Waals surface area contributed by atoms with Gasteiger partial charge in [0.25, 0.3) is 0 Å². The number of fused-ring (bicyclic) bond motifs is 1. The van der Waals surface area contributed by atoms with Crippen LogP contribution in [0.4, 0.5) is 0 Å². The van der Waals surface area contributed by atoms with Crippen LogP contribution in [-0.4, -0.2) is 18.8 Å². The zero-order chi connectivity index (χ0) is 13.5. The van der Waals surface area contributed by atoms with Gasteiger partial charge in [-0.3, -0.25) is 0 Å². The molecule has 3 unspecified atom stereocenters. The number of rotatable bonds is 3. The first-order valence-electron chi connectivity index (χ1n) is 7.53. The molecule has 0 amide bonds. The SMILES string of the molecule is CC(NC1c2ccccc2CC1(C)C)C1CCCO1. The van der Waals surface area contributed by atoms with E-state index in [4.69, 9.17) is 4.74 Å². The topological polar surface area (TPSA) is 21.3 Å². The summed E-state index contributed by atoms with van der Waals surface area (Å²) in [6.45, 7) is 7.94. The molecule has 19 heavy (non-hydrogen) atoms. The van der Waals surface area contributed by atoms with E-state index in [-0.39, 0.29) is 5.41 Å². The maximum absolute atomic E-state index is 5.82. The molecule has 1 aromatic carbocycles. The highest BCUT2D eigenvalue weighted by Gasteiger charge is 2.40. The van der Waals surface area contributed by atoms with Crippen LogP contribution in [-0.2, 0) is 11.2 Å². The molecule has 1 aromatic rings. The molecule has 0 radical (unpaired) electrons. The molecule has 0 aromatic heterocycles. The van der Waals surface area contributed by atoms with E-state index in [1.807, 2.05) is 0 Å². The highest BCUT2D eigenvalue weighted by Crippen LogP contribution is 2.45. The van der Waals surface area contributed by atoms with Crippen molar-refractivity contribution in [1.82, 2.24) is 5.32 Å². The summed E-state index contributed by atoms with van der Waals surface area (Å²) in [7, 11) is 0. The second-order valence-electron chi connectivity index (χ2n) is 6.80. The Balaban J connectivity index is 1.78. The molecule has 2 heteroatoms. The fourth-order valence-corrected chi connectivity index (χ4v) is 3.67. The third kappa shape index (κ3) is 2.44. The summed E-state index contributed by atoms with van der Waals surface area (Å²) < 4.78 is 5.82. The third-order valence-corrected chi connectivity index (χ3v) is 4.75. The molecular weight excluding hydrogens is 234 g/mol. The van der Waals surface area contributed by atoms with E-state index in [2.05, 4.69) is 50.4 Å². The Morgan fingerprint density at radius 3 is 2.84 bits per heavy atom. The first kappa shape index (κ1) is 13.1. The van der Waals surface area contributed by atoms with Gasteiger partial charge in [-0.05, 0) is 42.7 Å². The molecule has 1 fully saturated rings. The second-order valence-corrected chi connectivity index (χ2v) is 6.80. The minimum atomic E-state index is 0.288. The number of hydrogen-bond donors (Lipinski definition) is 1. The van der Waals surface area contributed by atoms with Gasteiger partial charge in [0.2, 0.25) is 0 Å². The summed E-state index contributed by atoms with van der Waals surface area (Å²) in [5, 5.41) is 3.84. The molecule has 1 aliphatic carbocycles. The minimum absolute atomic E-state index is 0.288. The Labute approximate surface area is 116 Å². The average molecular weight is 259 g/mol.